The predicted molar refractivity (Wildman–Crippen MR) is 89.5 cm³/mol. The van der Waals surface area contributed by atoms with E-state index in [0.29, 0.717) is 11.6 Å². The first-order valence-electron chi connectivity index (χ1n) is 8.44. The standard InChI is InChI=1S/C18H24ClNO3/c1-13(23-12-16-7-4-10-22-16)18(21)20-9-3-8-17(20)14-5-2-6-15(19)11-14/h2,5-6,11,13,16-17H,3-4,7-10,12H2,1H3/t13-,16-,17-/m0/s1. The summed E-state index contributed by atoms with van der Waals surface area (Å²) >= 11 is 6.09. The highest BCUT2D eigenvalue weighted by molar-refractivity contribution is 6.30. The zero-order valence-corrected chi connectivity index (χ0v) is 14.3. The molecule has 1 amide bonds. The molecule has 0 aromatic heterocycles. The van der Waals surface area contributed by atoms with Crippen molar-refractivity contribution in [2.75, 3.05) is 19.8 Å². The van der Waals surface area contributed by atoms with Gasteiger partial charge in [0.05, 0.1) is 18.8 Å². The topological polar surface area (TPSA) is 38.8 Å². The molecule has 2 aliphatic heterocycles. The highest BCUT2D eigenvalue weighted by atomic mass is 35.5. The predicted octanol–water partition coefficient (Wildman–Crippen LogP) is 3.59. The Bertz CT molecular complexity index is 545. The first kappa shape index (κ1) is 16.7. The Morgan fingerprint density at radius 2 is 2.30 bits per heavy atom. The maximum atomic E-state index is 12.7. The summed E-state index contributed by atoms with van der Waals surface area (Å²) in [6, 6.07) is 7.90. The van der Waals surface area contributed by atoms with Crippen molar-refractivity contribution in [3.8, 4) is 0 Å². The van der Waals surface area contributed by atoms with Gasteiger partial charge in [0.25, 0.3) is 5.91 Å². The SMILES string of the molecule is C[C@H](OC[C@@H]1CCCO1)C(=O)N1CCC[C@H]1c1cccc(Cl)c1. The summed E-state index contributed by atoms with van der Waals surface area (Å²) in [5.74, 6) is 0.0606. The average molecular weight is 338 g/mol. The van der Waals surface area contributed by atoms with Gasteiger partial charge in [-0.1, -0.05) is 23.7 Å². The van der Waals surface area contributed by atoms with Gasteiger partial charge in [0.2, 0.25) is 0 Å². The molecule has 2 saturated heterocycles. The van der Waals surface area contributed by atoms with Crippen LogP contribution in [0, 0.1) is 0 Å². The molecule has 23 heavy (non-hydrogen) atoms. The molecular weight excluding hydrogens is 314 g/mol. The summed E-state index contributed by atoms with van der Waals surface area (Å²) in [6.07, 6.45) is 3.81. The van der Waals surface area contributed by atoms with Crippen molar-refractivity contribution < 1.29 is 14.3 Å². The van der Waals surface area contributed by atoms with Crippen molar-refractivity contribution in [2.45, 2.75) is 50.9 Å². The minimum atomic E-state index is -0.431. The van der Waals surface area contributed by atoms with Crippen LogP contribution in [0.3, 0.4) is 0 Å². The summed E-state index contributed by atoms with van der Waals surface area (Å²) in [6.45, 7) is 3.93. The Kier molecular flexibility index (Phi) is 5.57. The van der Waals surface area contributed by atoms with Crippen molar-refractivity contribution in [3.63, 3.8) is 0 Å². The number of rotatable bonds is 5. The second kappa shape index (κ2) is 7.65. The van der Waals surface area contributed by atoms with Crippen LogP contribution in [0.25, 0.3) is 0 Å². The molecule has 0 radical (unpaired) electrons. The normalized spacial score (nSPS) is 25.7. The minimum absolute atomic E-state index is 0.0606. The van der Waals surface area contributed by atoms with Crippen LogP contribution in [0.15, 0.2) is 24.3 Å². The molecule has 0 saturated carbocycles. The van der Waals surface area contributed by atoms with Gasteiger partial charge in [0.1, 0.15) is 6.10 Å². The van der Waals surface area contributed by atoms with Gasteiger partial charge in [-0.2, -0.15) is 0 Å². The molecule has 4 nitrogen and oxygen atoms in total. The molecule has 0 aliphatic carbocycles. The summed E-state index contributed by atoms with van der Waals surface area (Å²) in [5, 5.41) is 0.712. The number of halogens is 1. The molecule has 3 atom stereocenters. The summed E-state index contributed by atoms with van der Waals surface area (Å²) in [5.41, 5.74) is 1.11. The molecular formula is C18H24ClNO3. The first-order chi connectivity index (χ1) is 11.1. The molecule has 1 aromatic rings. The van der Waals surface area contributed by atoms with Crippen LogP contribution >= 0.6 is 11.6 Å². The van der Waals surface area contributed by atoms with Gasteiger partial charge < -0.3 is 14.4 Å². The Hall–Kier alpha value is -1.10. The Morgan fingerprint density at radius 1 is 1.43 bits per heavy atom. The van der Waals surface area contributed by atoms with Gasteiger partial charge in [-0.3, -0.25) is 4.79 Å². The molecule has 0 N–H and O–H groups in total. The van der Waals surface area contributed by atoms with Crippen LogP contribution in [0.5, 0.6) is 0 Å². The number of nitrogens with zero attached hydrogens (tertiary/aromatic N) is 1. The molecule has 1 aromatic carbocycles. The Morgan fingerprint density at radius 3 is 3.04 bits per heavy atom. The number of carbonyl (C=O) groups excluding carboxylic acids is 1. The monoisotopic (exact) mass is 337 g/mol. The van der Waals surface area contributed by atoms with E-state index in [9.17, 15) is 4.79 Å². The van der Waals surface area contributed by atoms with E-state index in [1.54, 1.807) is 0 Å². The van der Waals surface area contributed by atoms with Crippen LogP contribution in [0.4, 0.5) is 0 Å². The van der Waals surface area contributed by atoms with Crippen LogP contribution in [-0.2, 0) is 14.3 Å². The number of likely N-dealkylation sites (tertiary alicyclic amines) is 1. The Labute approximate surface area is 142 Å². The van der Waals surface area contributed by atoms with Gasteiger partial charge in [0, 0.05) is 18.2 Å². The summed E-state index contributed by atoms with van der Waals surface area (Å²) < 4.78 is 11.3. The highest BCUT2D eigenvalue weighted by Gasteiger charge is 2.33. The summed E-state index contributed by atoms with van der Waals surface area (Å²) in [4.78, 5) is 14.7. The third-order valence-corrected chi connectivity index (χ3v) is 4.91. The van der Waals surface area contributed by atoms with Gasteiger partial charge in [0.15, 0.2) is 0 Å². The number of hydrogen-bond acceptors (Lipinski definition) is 3. The van der Waals surface area contributed by atoms with Crippen molar-refractivity contribution in [3.05, 3.63) is 34.9 Å². The third-order valence-electron chi connectivity index (χ3n) is 4.67. The summed E-state index contributed by atoms with van der Waals surface area (Å²) in [7, 11) is 0. The molecule has 3 rings (SSSR count). The van der Waals surface area contributed by atoms with Crippen LogP contribution in [-0.4, -0.2) is 42.8 Å². The van der Waals surface area contributed by atoms with E-state index in [0.717, 1.165) is 44.4 Å². The molecule has 5 heteroatoms. The molecule has 126 valence electrons. The van der Waals surface area contributed by atoms with Gasteiger partial charge in [-0.05, 0) is 50.3 Å². The highest BCUT2D eigenvalue weighted by Crippen LogP contribution is 2.33. The lowest BCUT2D eigenvalue weighted by molar-refractivity contribution is -0.145. The van der Waals surface area contributed by atoms with Crippen LogP contribution < -0.4 is 0 Å². The van der Waals surface area contributed by atoms with E-state index in [-0.39, 0.29) is 18.1 Å². The van der Waals surface area contributed by atoms with E-state index < -0.39 is 6.10 Å². The van der Waals surface area contributed by atoms with E-state index in [1.807, 2.05) is 36.1 Å². The fourth-order valence-corrected chi connectivity index (χ4v) is 3.62. The zero-order valence-electron chi connectivity index (χ0n) is 13.5. The fraction of sp³-hybridized carbons (Fsp3) is 0.611. The lowest BCUT2D eigenvalue weighted by atomic mass is 10.0. The van der Waals surface area contributed by atoms with Crippen molar-refractivity contribution in [1.29, 1.82) is 0 Å². The zero-order chi connectivity index (χ0) is 16.2. The molecule has 0 spiro atoms. The largest absolute Gasteiger partial charge is 0.376 e. The molecule has 2 heterocycles. The van der Waals surface area contributed by atoms with E-state index in [1.165, 1.54) is 0 Å². The molecule has 0 bridgehead atoms. The van der Waals surface area contributed by atoms with Gasteiger partial charge >= 0.3 is 0 Å². The van der Waals surface area contributed by atoms with Gasteiger partial charge in [-0.25, -0.2) is 0 Å². The van der Waals surface area contributed by atoms with Crippen molar-refractivity contribution in [1.82, 2.24) is 4.90 Å². The van der Waals surface area contributed by atoms with Crippen LogP contribution in [0.2, 0.25) is 5.02 Å². The smallest absolute Gasteiger partial charge is 0.251 e. The van der Waals surface area contributed by atoms with Crippen molar-refractivity contribution in [2.24, 2.45) is 0 Å². The fourth-order valence-electron chi connectivity index (χ4n) is 3.42. The van der Waals surface area contributed by atoms with Gasteiger partial charge in [-0.15, -0.1) is 0 Å². The number of benzene rings is 1. The Balaban J connectivity index is 1.60. The number of amides is 1. The quantitative estimate of drug-likeness (QED) is 0.824. The molecule has 0 unspecified atom stereocenters. The van der Waals surface area contributed by atoms with E-state index in [2.05, 4.69) is 0 Å². The maximum Gasteiger partial charge on any atom is 0.251 e. The third kappa shape index (κ3) is 4.06. The van der Waals surface area contributed by atoms with Crippen LogP contribution in [0.1, 0.15) is 44.2 Å². The van der Waals surface area contributed by atoms with E-state index in [4.69, 9.17) is 21.1 Å². The second-order valence-corrected chi connectivity index (χ2v) is 6.79. The average Bonchev–Trinajstić information content (AvgIpc) is 3.23. The maximum absolute atomic E-state index is 12.7. The lowest BCUT2D eigenvalue weighted by Gasteiger charge is -2.28. The number of hydrogen-bond donors (Lipinski definition) is 0. The minimum Gasteiger partial charge on any atom is -0.376 e. The second-order valence-electron chi connectivity index (χ2n) is 6.36. The number of carbonyl (C=O) groups is 1. The number of ether oxygens (including phenoxy) is 2. The van der Waals surface area contributed by atoms with E-state index >= 15 is 0 Å². The molecule has 2 fully saturated rings. The first-order valence-corrected chi connectivity index (χ1v) is 8.82. The van der Waals surface area contributed by atoms with Crippen molar-refractivity contribution >= 4 is 17.5 Å². The lowest BCUT2D eigenvalue weighted by Crippen LogP contribution is -2.39. The molecule has 2 aliphatic rings.